The van der Waals surface area contributed by atoms with Crippen molar-refractivity contribution in [1.29, 1.82) is 0 Å². The molecule has 0 heteroatoms. The van der Waals surface area contributed by atoms with E-state index in [1.807, 2.05) is 6.08 Å². The molecule has 0 heterocycles. The highest BCUT2D eigenvalue weighted by molar-refractivity contribution is 4.89. The van der Waals surface area contributed by atoms with Gasteiger partial charge >= 0.3 is 0 Å². The highest BCUT2D eigenvalue weighted by Gasteiger charge is 2.01. The summed E-state index contributed by atoms with van der Waals surface area (Å²) in [5, 5.41) is 0. The zero-order valence-corrected chi connectivity index (χ0v) is 8.72. The summed E-state index contributed by atoms with van der Waals surface area (Å²) in [7, 11) is 0. The number of rotatable bonds is 6. The Balaban J connectivity index is 3.42. The molecule has 0 spiro atoms. The molecule has 0 amide bonds. The summed E-state index contributed by atoms with van der Waals surface area (Å²) in [6.45, 7) is 10.6. The van der Waals surface area contributed by atoms with E-state index in [1.54, 1.807) is 0 Å². The molecular formula is C12H22. The number of hydrogen-bond acceptors (Lipinski definition) is 0. The van der Waals surface area contributed by atoms with Crippen LogP contribution < -0.4 is 0 Å². The summed E-state index contributed by atoms with van der Waals surface area (Å²) in [6, 6.07) is 0. The minimum atomic E-state index is 0.825. The monoisotopic (exact) mass is 166 g/mol. The Hall–Kier alpha value is -0.520. The molecule has 0 rings (SSSR count). The van der Waals surface area contributed by atoms with Crippen molar-refractivity contribution >= 4 is 0 Å². The molecule has 12 heavy (non-hydrogen) atoms. The number of hydrogen-bond donors (Lipinski definition) is 0. The standard InChI is InChI=1S/C12H22/c1-5-6-7-8-9-12(4)10-11(2)3/h5,7-8,11-12H,1,6,9-10H2,2-4H3. The second-order valence-corrected chi connectivity index (χ2v) is 3.97. The Labute approximate surface area is 77.4 Å². The average molecular weight is 166 g/mol. The molecule has 1 atom stereocenters. The van der Waals surface area contributed by atoms with E-state index in [4.69, 9.17) is 0 Å². The van der Waals surface area contributed by atoms with Crippen LogP contribution >= 0.6 is 0 Å². The van der Waals surface area contributed by atoms with Crippen LogP contribution in [-0.2, 0) is 0 Å². The fourth-order valence-corrected chi connectivity index (χ4v) is 1.42. The van der Waals surface area contributed by atoms with Gasteiger partial charge in [0.1, 0.15) is 0 Å². The van der Waals surface area contributed by atoms with Crippen LogP contribution in [0.15, 0.2) is 24.8 Å². The highest BCUT2D eigenvalue weighted by Crippen LogP contribution is 2.14. The summed E-state index contributed by atoms with van der Waals surface area (Å²) < 4.78 is 0. The van der Waals surface area contributed by atoms with Gasteiger partial charge < -0.3 is 0 Å². The Morgan fingerprint density at radius 3 is 2.33 bits per heavy atom. The Morgan fingerprint density at radius 1 is 1.17 bits per heavy atom. The van der Waals surface area contributed by atoms with Crippen molar-refractivity contribution in [3.8, 4) is 0 Å². The first-order chi connectivity index (χ1) is 5.66. The minimum absolute atomic E-state index is 0.825. The maximum absolute atomic E-state index is 3.67. The fraction of sp³-hybridized carbons (Fsp3) is 0.667. The zero-order valence-electron chi connectivity index (χ0n) is 8.72. The molecule has 0 aromatic rings. The van der Waals surface area contributed by atoms with E-state index in [-0.39, 0.29) is 0 Å². The molecule has 0 saturated carbocycles. The average Bonchev–Trinajstić information content (AvgIpc) is 1.97. The zero-order chi connectivity index (χ0) is 9.40. The first-order valence-electron chi connectivity index (χ1n) is 4.92. The van der Waals surface area contributed by atoms with Gasteiger partial charge in [-0.2, -0.15) is 0 Å². The fourth-order valence-electron chi connectivity index (χ4n) is 1.42. The largest absolute Gasteiger partial charge is 0.103 e. The van der Waals surface area contributed by atoms with Crippen LogP contribution in [0.3, 0.4) is 0 Å². The first-order valence-corrected chi connectivity index (χ1v) is 4.92. The third-order valence-corrected chi connectivity index (χ3v) is 1.88. The number of allylic oxidation sites excluding steroid dienone is 3. The maximum Gasteiger partial charge on any atom is -0.0172 e. The van der Waals surface area contributed by atoms with Crippen molar-refractivity contribution in [2.75, 3.05) is 0 Å². The van der Waals surface area contributed by atoms with Gasteiger partial charge in [-0.25, -0.2) is 0 Å². The van der Waals surface area contributed by atoms with Gasteiger partial charge in [0.15, 0.2) is 0 Å². The molecule has 0 aromatic heterocycles. The lowest BCUT2D eigenvalue weighted by atomic mass is 9.96. The van der Waals surface area contributed by atoms with E-state index in [0.717, 1.165) is 18.3 Å². The van der Waals surface area contributed by atoms with Crippen LogP contribution in [0.5, 0.6) is 0 Å². The van der Waals surface area contributed by atoms with Crippen LogP contribution in [0.1, 0.15) is 40.0 Å². The quantitative estimate of drug-likeness (QED) is 0.519. The summed E-state index contributed by atoms with van der Waals surface area (Å²) in [5.74, 6) is 1.65. The predicted molar refractivity (Wildman–Crippen MR) is 57.2 cm³/mol. The van der Waals surface area contributed by atoms with Crippen molar-refractivity contribution in [2.45, 2.75) is 40.0 Å². The molecule has 0 aliphatic heterocycles. The first kappa shape index (κ1) is 11.5. The Kier molecular flexibility index (Phi) is 6.84. The molecule has 0 aromatic carbocycles. The van der Waals surface area contributed by atoms with Crippen molar-refractivity contribution < 1.29 is 0 Å². The van der Waals surface area contributed by atoms with Crippen molar-refractivity contribution in [2.24, 2.45) is 11.8 Å². The van der Waals surface area contributed by atoms with E-state index < -0.39 is 0 Å². The molecule has 0 saturated heterocycles. The SMILES string of the molecule is C=CCC=CCC(C)CC(C)C. The predicted octanol–water partition coefficient (Wildman–Crippen LogP) is 4.19. The van der Waals surface area contributed by atoms with Crippen LogP contribution in [-0.4, -0.2) is 0 Å². The van der Waals surface area contributed by atoms with E-state index in [0.29, 0.717) is 0 Å². The topological polar surface area (TPSA) is 0 Å². The second-order valence-electron chi connectivity index (χ2n) is 3.97. The van der Waals surface area contributed by atoms with Crippen LogP contribution in [0.2, 0.25) is 0 Å². The molecular weight excluding hydrogens is 144 g/mol. The van der Waals surface area contributed by atoms with Gasteiger partial charge in [-0.3, -0.25) is 0 Å². The lowest BCUT2D eigenvalue weighted by Gasteiger charge is -2.10. The van der Waals surface area contributed by atoms with Crippen molar-refractivity contribution in [1.82, 2.24) is 0 Å². The lowest BCUT2D eigenvalue weighted by molar-refractivity contribution is 0.442. The minimum Gasteiger partial charge on any atom is -0.103 e. The van der Waals surface area contributed by atoms with Gasteiger partial charge in [0.2, 0.25) is 0 Å². The Bertz CT molecular complexity index is 131. The molecule has 70 valence electrons. The normalized spacial score (nSPS) is 14.0. The molecule has 1 unspecified atom stereocenters. The summed E-state index contributed by atoms with van der Waals surface area (Å²) in [6.07, 6.45) is 9.96. The van der Waals surface area contributed by atoms with Crippen molar-refractivity contribution in [3.05, 3.63) is 24.8 Å². The molecule has 0 N–H and O–H groups in total. The Morgan fingerprint density at radius 2 is 1.83 bits per heavy atom. The van der Waals surface area contributed by atoms with E-state index in [9.17, 15) is 0 Å². The van der Waals surface area contributed by atoms with Gasteiger partial charge in [0.25, 0.3) is 0 Å². The summed E-state index contributed by atoms with van der Waals surface area (Å²) in [4.78, 5) is 0. The van der Waals surface area contributed by atoms with Gasteiger partial charge in [0, 0.05) is 0 Å². The molecule has 0 bridgehead atoms. The van der Waals surface area contributed by atoms with E-state index in [1.165, 1.54) is 12.8 Å². The van der Waals surface area contributed by atoms with Crippen LogP contribution in [0.25, 0.3) is 0 Å². The van der Waals surface area contributed by atoms with Crippen molar-refractivity contribution in [3.63, 3.8) is 0 Å². The molecule has 0 aliphatic rings. The van der Waals surface area contributed by atoms with E-state index in [2.05, 4.69) is 39.5 Å². The maximum atomic E-state index is 3.67. The highest BCUT2D eigenvalue weighted by atomic mass is 14.1. The van der Waals surface area contributed by atoms with Gasteiger partial charge in [-0.05, 0) is 31.1 Å². The third-order valence-electron chi connectivity index (χ3n) is 1.88. The third kappa shape index (κ3) is 7.59. The summed E-state index contributed by atoms with van der Waals surface area (Å²) in [5.41, 5.74) is 0. The lowest BCUT2D eigenvalue weighted by Crippen LogP contribution is -1.98. The molecule has 0 radical (unpaired) electrons. The van der Waals surface area contributed by atoms with Gasteiger partial charge in [-0.15, -0.1) is 6.58 Å². The molecule has 0 fully saturated rings. The van der Waals surface area contributed by atoms with E-state index >= 15 is 0 Å². The van der Waals surface area contributed by atoms with Gasteiger partial charge in [-0.1, -0.05) is 39.0 Å². The smallest absolute Gasteiger partial charge is 0.0172 e. The molecule has 0 nitrogen and oxygen atoms in total. The van der Waals surface area contributed by atoms with Gasteiger partial charge in [0.05, 0.1) is 0 Å². The second kappa shape index (κ2) is 7.15. The molecule has 0 aliphatic carbocycles. The van der Waals surface area contributed by atoms with Crippen LogP contribution in [0.4, 0.5) is 0 Å². The van der Waals surface area contributed by atoms with Crippen LogP contribution in [0, 0.1) is 11.8 Å². The summed E-state index contributed by atoms with van der Waals surface area (Å²) >= 11 is 0.